The van der Waals surface area contributed by atoms with Gasteiger partial charge in [0, 0.05) is 10.9 Å². The molecule has 0 bridgehead atoms. The van der Waals surface area contributed by atoms with Crippen molar-refractivity contribution in [2.75, 3.05) is 12.4 Å². The SMILES string of the molecule is COc1ccc(S(=O)(=O)NC2CC2)cc1NC(=O)c1cc2c(s1)-c1ccccc1CC2. The Hall–Kier alpha value is -2.68. The van der Waals surface area contributed by atoms with E-state index in [-0.39, 0.29) is 16.8 Å². The number of nitrogens with one attached hydrogen (secondary N) is 2. The van der Waals surface area contributed by atoms with E-state index in [0.29, 0.717) is 16.3 Å². The van der Waals surface area contributed by atoms with Gasteiger partial charge in [0.25, 0.3) is 5.91 Å². The van der Waals surface area contributed by atoms with E-state index in [1.54, 1.807) is 6.07 Å². The van der Waals surface area contributed by atoms with Crippen molar-refractivity contribution in [3.8, 4) is 16.2 Å². The fourth-order valence-electron chi connectivity index (χ4n) is 3.81. The Morgan fingerprint density at radius 2 is 1.84 bits per heavy atom. The smallest absolute Gasteiger partial charge is 0.265 e. The van der Waals surface area contributed by atoms with E-state index in [9.17, 15) is 13.2 Å². The van der Waals surface area contributed by atoms with Crippen LogP contribution in [0.15, 0.2) is 53.4 Å². The van der Waals surface area contributed by atoms with Gasteiger partial charge in [0.05, 0.1) is 22.6 Å². The maximum absolute atomic E-state index is 13.0. The summed E-state index contributed by atoms with van der Waals surface area (Å²) >= 11 is 1.46. The first-order valence-electron chi connectivity index (χ1n) is 10.2. The number of sulfonamides is 1. The van der Waals surface area contributed by atoms with Crippen LogP contribution in [0.4, 0.5) is 5.69 Å². The Labute approximate surface area is 185 Å². The van der Waals surface area contributed by atoms with E-state index in [1.807, 2.05) is 18.2 Å². The Balaban J connectivity index is 1.43. The monoisotopic (exact) mass is 454 g/mol. The third-order valence-corrected chi connectivity index (χ3v) is 8.31. The zero-order valence-corrected chi connectivity index (χ0v) is 18.6. The molecule has 3 aromatic rings. The average Bonchev–Trinajstić information content (AvgIpc) is 3.45. The van der Waals surface area contributed by atoms with Gasteiger partial charge in [-0.2, -0.15) is 0 Å². The van der Waals surface area contributed by atoms with E-state index in [0.717, 1.165) is 30.6 Å². The van der Waals surface area contributed by atoms with E-state index in [2.05, 4.69) is 22.2 Å². The van der Waals surface area contributed by atoms with E-state index in [1.165, 1.54) is 47.3 Å². The number of rotatable bonds is 6. The molecule has 0 unspecified atom stereocenters. The van der Waals surface area contributed by atoms with E-state index in [4.69, 9.17) is 4.74 Å². The predicted octanol–water partition coefficient (Wildman–Crippen LogP) is 4.22. The van der Waals surface area contributed by atoms with Gasteiger partial charge in [-0.05, 0) is 66.6 Å². The molecule has 0 radical (unpaired) electrons. The molecule has 2 aliphatic carbocycles. The van der Waals surface area contributed by atoms with Crippen LogP contribution >= 0.6 is 11.3 Å². The number of ether oxygens (including phenoxy) is 1. The molecule has 5 rings (SSSR count). The number of fused-ring (bicyclic) bond motifs is 3. The molecule has 1 aromatic heterocycles. The van der Waals surface area contributed by atoms with Crippen molar-refractivity contribution >= 4 is 33.0 Å². The molecule has 1 amide bonds. The Bertz CT molecular complexity index is 1280. The molecule has 2 aliphatic rings. The number of hydrogen-bond acceptors (Lipinski definition) is 5. The zero-order chi connectivity index (χ0) is 21.6. The summed E-state index contributed by atoms with van der Waals surface area (Å²) in [5.41, 5.74) is 3.99. The number of thiophene rings is 1. The molecule has 0 saturated heterocycles. The normalized spacial score (nSPS) is 15.1. The summed E-state index contributed by atoms with van der Waals surface area (Å²) in [5.74, 6) is 0.130. The lowest BCUT2D eigenvalue weighted by Crippen LogP contribution is -2.25. The summed E-state index contributed by atoms with van der Waals surface area (Å²) in [4.78, 5) is 14.9. The maximum Gasteiger partial charge on any atom is 0.265 e. The van der Waals surface area contributed by atoms with Crippen molar-refractivity contribution in [3.63, 3.8) is 0 Å². The Morgan fingerprint density at radius 1 is 1.06 bits per heavy atom. The molecule has 31 heavy (non-hydrogen) atoms. The molecule has 2 aromatic carbocycles. The molecule has 8 heteroatoms. The number of carbonyl (C=O) groups excluding carboxylic acids is 1. The number of anilines is 1. The molecule has 1 fully saturated rings. The van der Waals surface area contributed by atoms with Crippen molar-refractivity contribution < 1.29 is 17.9 Å². The highest BCUT2D eigenvalue weighted by molar-refractivity contribution is 7.89. The van der Waals surface area contributed by atoms with Gasteiger partial charge >= 0.3 is 0 Å². The zero-order valence-electron chi connectivity index (χ0n) is 17.0. The van der Waals surface area contributed by atoms with Crippen LogP contribution in [0, 0.1) is 0 Å². The number of amides is 1. The Morgan fingerprint density at radius 3 is 2.61 bits per heavy atom. The molecule has 1 saturated carbocycles. The van der Waals surface area contributed by atoms with Gasteiger partial charge in [0.2, 0.25) is 10.0 Å². The maximum atomic E-state index is 13.0. The standard InChI is InChI=1S/C23H22N2O4S2/c1-29-20-11-10-17(31(27,28)25-16-8-9-16)13-19(20)24-23(26)21-12-15-7-6-14-4-2-3-5-18(14)22(15)30-21/h2-5,10-13,16,25H,6-9H2,1H3,(H,24,26). The molecular weight excluding hydrogens is 432 g/mol. The first-order chi connectivity index (χ1) is 14.9. The topological polar surface area (TPSA) is 84.5 Å². The predicted molar refractivity (Wildman–Crippen MR) is 121 cm³/mol. The summed E-state index contributed by atoms with van der Waals surface area (Å²) < 4.78 is 33.2. The number of methoxy groups -OCH3 is 1. The molecule has 0 atom stereocenters. The van der Waals surface area contributed by atoms with Crippen molar-refractivity contribution in [2.24, 2.45) is 0 Å². The van der Waals surface area contributed by atoms with Gasteiger partial charge < -0.3 is 10.1 Å². The van der Waals surface area contributed by atoms with Gasteiger partial charge in [0.15, 0.2) is 0 Å². The lowest BCUT2D eigenvalue weighted by molar-refractivity contribution is 0.103. The van der Waals surface area contributed by atoms with Crippen molar-refractivity contribution in [1.82, 2.24) is 4.72 Å². The number of aryl methyl sites for hydroxylation is 2. The molecular formula is C23H22N2O4S2. The average molecular weight is 455 g/mol. The molecule has 160 valence electrons. The second kappa shape index (κ2) is 7.78. The summed E-state index contributed by atoms with van der Waals surface area (Å²) in [5, 5.41) is 2.85. The second-order valence-electron chi connectivity index (χ2n) is 7.83. The van der Waals surface area contributed by atoms with Gasteiger partial charge in [-0.1, -0.05) is 24.3 Å². The van der Waals surface area contributed by atoms with Crippen LogP contribution in [0.2, 0.25) is 0 Å². The van der Waals surface area contributed by atoms with Gasteiger partial charge in [-0.25, -0.2) is 13.1 Å². The fourth-order valence-corrected chi connectivity index (χ4v) is 6.30. The third-order valence-electron chi connectivity index (χ3n) is 5.59. The highest BCUT2D eigenvalue weighted by atomic mass is 32.2. The van der Waals surface area contributed by atoms with Crippen molar-refractivity contribution in [3.05, 3.63) is 64.5 Å². The highest BCUT2D eigenvalue weighted by Gasteiger charge is 2.29. The van der Waals surface area contributed by atoms with Gasteiger partial charge in [-0.15, -0.1) is 11.3 Å². The molecule has 2 N–H and O–H groups in total. The lowest BCUT2D eigenvalue weighted by Gasteiger charge is -2.15. The highest BCUT2D eigenvalue weighted by Crippen LogP contribution is 2.40. The van der Waals surface area contributed by atoms with Crippen LogP contribution in [-0.4, -0.2) is 27.5 Å². The second-order valence-corrected chi connectivity index (χ2v) is 10.6. The summed E-state index contributed by atoms with van der Waals surface area (Å²) in [6.45, 7) is 0. The van der Waals surface area contributed by atoms with Crippen LogP contribution in [0.3, 0.4) is 0 Å². The summed E-state index contributed by atoms with van der Waals surface area (Å²) in [6.07, 6.45) is 3.57. The summed E-state index contributed by atoms with van der Waals surface area (Å²) in [6, 6.07) is 14.7. The van der Waals surface area contributed by atoms with Crippen LogP contribution in [0.1, 0.15) is 33.6 Å². The minimum Gasteiger partial charge on any atom is -0.495 e. The van der Waals surface area contributed by atoms with Crippen LogP contribution in [0.25, 0.3) is 10.4 Å². The molecule has 0 aliphatic heterocycles. The largest absolute Gasteiger partial charge is 0.495 e. The first kappa shape index (κ1) is 20.2. The van der Waals surface area contributed by atoms with Gasteiger partial charge in [0.1, 0.15) is 5.75 Å². The van der Waals surface area contributed by atoms with Crippen molar-refractivity contribution in [1.29, 1.82) is 0 Å². The lowest BCUT2D eigenvalue weighted by atomic mass is 9.91. The number of benzene rings is 2. The quantitative estimate of drug-likeness (QED) is 0.584. The number of hydrogen-bond donors (Lipinski definition) is 2. The fraction of sp³-hybridized carbons (Fsp3) is 0.261. The third kappa shape index (κ3) is 3.98. The molecule has 0 spiro atoms. The van der Waals surface area contributed by atoms with Crippen molar-refractivity contribution in [2.45, 2.75) is 36.6 Å². The number of carbonyl (C=O) groups is 1. The minimum absolute atomic E-state index is 0.00506. The van der Waals surface area contributed by atoms with Crippen LogP contribution in [0.5, 0.6) is 5.75 Å². The van der Waals surface area contributed by atoms with Crippen LogP contribution in [-0.2, 0) is 22.9 Å². The first-order valence-corrected chi connectivity index (χ1v) is 12.5. The molecule has 1 heterocycles. The van der Waals surface area contributed by atoms with Crippen LogP contribution < -0.4 is 14.8 Å². The minimum atomic E-state index is -3.63. The Kier molecular flexibility index (Phi) is 5.08. The molecule has 6 nitrogen and oxygen atoms in total. The van der Waals surface area contributed by atoms with E-state index >= 15 is 0 Å². The summed E-state index contributed by atoms with van der Waals surface area (Å²) in [7, 11) is -2.15. The van der Waals surface area contributed by atoms with Gasteiger partial charge in [-0.3, -0.25) is 4.79 Å². The van der Waals surface area contributed by atoms with E-state index < -0.39 is 10.0 Å².